The topological polar surface area (TPSA) is 29.1 Å². The number of rotatable bonds is 1. The van der Waals surface area contributed by atoms with Crippen LogP contribution in [0.4, 0.5) is 5.69 Å². The van der Waals surface area contributed by atoms with E-state index >= 15 is 0 Å². The van der Waals surface area contributed by atoms with Crippen molar-refractivity contribution in [2.24, 2.45) is 5.41 Å². The first-order valence-electron chi connectivity index (χ1n) is 10.5. The van der Waals surface area contributed by atoms with E-state index in [4.69, 9.17) is 0 Å². The molecule has 1 N–H and O–H groups in total. The lowest BCUT2D eigenvalue weighted by atomic mass is 9.68. The molecule has 2 aliphatic rings. The summed E-state index contributed by atoms with van der Waals surface area (Å²) in [5, 5.41) is 6.11. The van der Waals surface area contributed by atoms with Gasteiger partial charge in [0.25, 0.3) is 0 Å². The average molecular weight is 382 g/mol. The molecule has 0 aromatic heterocycles. The molecule has 2 heteroatoms. The predicted molar refractivity (Wildman–Crippen MR) is 120 cm³/mol. The lowest BCUT2D eigenvalue weighted by molar-refractivity contribution is -0.118. The van der Waals surface area contributed by atoms with Gasteiger partial charge in [-0.2, -0.15) is 0 Å². The highest BCUT2D eigenvalue weighted by atomic mass is 16.1. The van der Waals surface area contributed by atoms with Gasteiger partial charge in [-0.3, -0.25) is 4.79 Å². The number of Topliss-reactive ketones (excluding diaryl/α,β-unsaturated/α-hetero) is 1. The number of allylic oxidation sites excluding steroid dienone is 2. The highest BCUT2D eigenvalue weighted by Crippen LogP contribution is 2.50. The van der Waals surface area contributed by atoms with Gasteiger partial charge in [-0.05, 0) is 64.8 Å². The van der Waals surface area contributed by atoms with Gasteiger partial charge in [0.15, 0.2) is 5.78 Å². The molecule has 29 heavy (non-hydrogen) atoms. The van der Waals surface area contributed by atoms with Gasteiger partial charge in [-0.15, -0.1) is 0 Å². The molecule has 1 aliphatic carbocycles. The number of carbonyl (C=O) groups excluding carboxylic acids is 1. The molecule has 3 aromatic carbocycles. The molecule has 0 saturated carbocycles. The van der Waals surface area contributed by atoms with Crippen LogP contribution in [-0.4, -0.2) is 5.78 Å². The van der Waals surface area contributed by atoms with Gasteiger partial charge in [-0.1, -0.05) is 62.4 Å². The normalized spacial score (nSPS) is 20.3. The summed E-state index contributed by atoms with van der Waals surface area (Å²) in [6, 6.07) is 19.5. The Kier molecular flexibility index (Phi) is 3.96. The van der Waals surface area contributed by atoms with Crippen LogP contribution in [0.2, 0.25) is 0 Å². The number of hydrogen-bond donors (Lipinski definition) is 1. The fourth-order valence-electron chi connectivity index (χ4n) is 5.08. The van der Waals surface area contributed by atoms with Crippen LogP contribution < -0.4 is 5.32 Å². The number of nitrogens with one attached hydrogen (secondary N) is 1. The molecule has 1 unspecified atom stereocenters. The second kappa shape index (κ2) is 6.32. The fraction of sp³-hybridized carbons (Fsp3) is 0.296. The minimum atomic E-state index is -0.0183. The Hall–Kier alpha value is -2.87. The largest absolute Gasteiger partial charge is 0.358 e. The van der Waals surface area contributed by atoms with Crippen molar-refractivity contribution in [2.45, 2.75) is 46.5 Å². The summed E-state index contributed by atoms with van der Waals surface area (Å²) < 4.78 is 0. The van der Waals surface area contributed by atoms with Crippen LogP contribution in [0.15, 0.2) is 65.9 Å². The van der Waals surface area contributed by atoms with Crippen LogP contribution in [-0.2, 0) is 4.79 Å². The van der Waals surface area contributed by atoms with Gasteiger partial charge in [0.2, 0.25) is 0 Å². The van der Waals surface area contributed by atoms with Crippen molar-refractivity contribution in [3.63, 3.8) is 0 Å². The summed E-state index contributed by atoms with van der Waals surface area (Å²) in [7, 11) is 0. The molecule has 5 rings (SSSR count). The summed E-state index contributed by atoms with van der Waals surface area (Å²) in [6.07, 6.45) is 1.51. The molecule has 0 spiro atoms. The third kappa shape index (κ3) is 2.90. The third-order valence-electron chi connectivity index (χ3n) is 6.62. The monoisotopic (exact) mass is 381 g/mol. The van der Waals surface area contributed by atoms with Gasteiger partial charge in [0, 0.05) is 29.3 Å². The van der Waals surface area contributed by atoms with Crippen LogP contribution in [0.3, 0.4) is 0 Å². The Morgan fingerprint density at radius 3 is 2.52 bits per heavy atom. The molecule has 2 nitrogen and oxygen atoms in total. The second-order valence-electron chi connectivity index (χ2n) is 9.48. The van der Waals surface area contributed by atoms with E-state index in [1.54, 1.807) is 0 Å². The summed E-state index contributed by atoms with van der Waals surface area (Å²) in [4.78, 5) is 13.4. The van der Waals surface area contributed by atoms with Crippen molar-refractivity contribution in [3.05, 3.63) is 88.1 Å². The first-order chi connectivity index (χ1) is 13.8. The van der Waals surface area contributed by atoms with Crippen LogP contribution in [0, 0.1) is 19.3 Å². The lowest BCUT2D eigenvalue weighted by Gasteiger charge is -2.40. The highest BCUT2D eigenvalue weighted by molar-refractivity contribution is 6.04. The predicted octanol–water partition coefficient (Wildman–Crippen LogP) is 6.66. The van der Waals surface area contributed by atoms with Gasteiger partial charge in [0.05, 0.1) is 0 Å². The molecule has 1 atom stereocenters. The molecule has 0 amide bonds. The van der Waals surface area contributed by atoms with Crippen molar-refractivity contribution in [1.82, 2.24) is 0 Å². The van der Waals surface area contributed by atoms with E-state index in [0.29, 0.717) is 6.42 Å². The summed E-state index contributed by atoms with van der Waals surface area (Å²) in [6.45, 7) is 8.68. The van der Waals surface area contributed by atoms with Gasteiger partial charge in [0.1, 0.15) is 0 Å². The van der Waals surface area contributed by atoms with Crippen LogP contribution >= 0.6 is 0 Å². The van der Waals surface area contributed by atoms with E-state index in [2.05, 4.69) is 87.6 Å². The molecule has 1 aliphatic heterocycles. The second-order valence-corrected chi connectivity index (χ2v) is 9.48. The molecule has 1 heterocycles. The maximum atomic E-state index is 13.4. The third-order valence-corrected chi connectivity index (χ3v) is 6.62. The van der Waals surface area contributed by atoms with E-state index in [0.717, 1.165) is 23.4 Å². The Balaban J connectivity index is 1.82. The van der Waals surface area contributed by atoms with Crippen LogP contribution in [0.1, 0.15) is 54.9 Å². The standard InChI is InChI=1S/C27H27NO/c1-16-9-10-19(13-17(16)2)24-25-20-8-6-5-7-18(20)11-12-21(25)28-22-14-27(3,4)15-23(29)26(22)24/h5-13,24,28H,14-15H2,1-4H3. The van der Waals surface area contributed by atoms with Gasteiger partial charge >= 0.3 is 0 Å². The highest BCUT2D eigenvalue weighted by Gasteiger charge is 2.41. The Labute approximate surface area is 172 Å². The van der Waals surface area contributed by atoms with E-state index in [1.807, 2.05) is 0 Å². The number of benzene rings is 3. The molecule has 0 bridgehead atoms. The number of carbonyl (C=O) groups is 1. The zero-order chi connectivity index (χ0) is 20.3. The summed E-state index contributed by atoms with van der Waals surface area (Å²) in [5.41, 5.74) is 8.21. The first kappa shape index (κ1) is 18.2. The molecule has 146 valence electrons. The number of ketones is 1. The van der Waals surface area contributed by atoms with Crippen LogP contribution in [0.25, 0.3) is 10.8 Å². The smallest absolute Gasteiger partial charge is 0.162 e. The number of hydrogen-bond acceptors (Lipinski definition) is 2. The van der Waals surface area contributed by atoms with Crippen LogP contribution in [0.5, 0.6) is 0 Å². The number of anilines is 1. The minimum Gasteiger partial charge on any atom is -0.358 e. The Morgan fingerprint density at radius 2 is 1.72 bits per heavy atom. The van der Waals surface area contributed by atoms with Crippen molar-refractivity contribution >= 4 is 22.2 Å². The summed E-state index contributed by atoms with van der Waals surface area (Å²) >= 11 is 0. The molecule has 0 fully saturated rings. The molecular formula is C27H27NO. The zero-order valence-corrected chi connectivity index (χ0v) is 17.6. The van der Waals surface area contributed by atoms with Crippen molar-refractivity contribution in [3.8, 4) is 0 Å². The first-order valence-corrected chi connectivity index (χ1v) is 10.5. The SMILES string of the molecule is Cc1ccc(C2C3=C(CC(C)(C)CC3=O)Nc3ccc4ccccc4c32)cc1C. The Bertz CT molecular complexity index is 1200. The zero-order valence-electron chi connectivity index (χ0n) is 17.6. The van der Waals surface area contributed by atoms with Crippen molar-refractivity contribution in [2.75, 3.05) is 5.32 Å². The average Bonchev–Trinajstić information content (AvgIpc) is 2.67. The van der Waals surface area contributed by atoms with Crippen molar-refractivity contribution < 1.29 is 4.79 Å². The maximum Gasteiger partial charge on any atom is 0.162 e. The minimum absolute atomic E-state index is 0.00892. The molecule has 0 radical (unpaired) electrons. The van der Waals surface area contributed by atoms with Gasteiger partial charge in [-0.25, -0.2) is 0 Å². The quantitative estimate of drug-likeness (QED) is 0.511. The summed E-state index contributed by atoms with van der Waals surface area (Å²) in [5.74, 6) is 0.265. The molecular weight excluding hydrogens is 354 g/mol. The number of aryl methyl sites for hydroxylation is 2. The van der Waals surface area contributed by atoms with Gasteiger partial charge < -0.3 is 5.32 Å². The Morgan fingerprint density at radius 1 is 0.931 bits per heavy atom. The van der Waals surface area contributed by atoms with Crippen molar-refractivity contribution in [1.29, 1.82) is 0 Å². The number of fused-ring (bicyclic) bond motifs is 3. The lowest BCUT2D eigenvalue weighted by Crippen LogP contribution is -2.33. The maximum absolute atomic E-state index is 13.4. The van der Waals surface area contributed by atoms with E-state index in [-0.39, 0.29) is 17.1 Å². The molecule has 3 aromatic rings. The fourth-order valence-corrected chi connectivity index (χ4v) is 5.08. The molecule has 0 saturated heterocycles. The van der Waals surface area contributed by atoms with E-state index in [1.165, 1.54) is 33.0 Å². The van der Waals surface area contributed by atoms with E-state index in [9.17, 15) is 4.79 Å². The van der Waals surface area contributed by atoms with E-state index < -0.39 is 0 Å².